The molecule has 0 bridgehead atoms. The molecular weight excluding hydrogens is 218 g/mol. The number of aryl methyl sites for hydroxylation is 1. The molecule has 0 aliphatic carbocycles. The van der Waals surface area contributed by atoms with E-state index in [1.54, 1.807) is 12.5 Å². The van der Waals surface area contributed by atoms with E-state index >= 15 is 0 Å². The van der Waals surface area contributed by atoms with Crippen LogP contribution in [-0.4, -0.2) is 26.2 Å². The fraction of sp³-hybridized carbons (Fsp3) is 0.545. The second kappa shape index (κ2) is 3.96. The Morgan fingerprint density at radius 3 is 3.06 bits per heavy atom. The SMILES string of the molecule is CC1CCNC1c1nc(-c2cncn2C)no1. The molecule has 1 N–H and O–H groups in total. The maximum absolute atomic E-state index is 5.33. The summed E-state index contributed by atoms with van der Waals surface area (Å²) in [7, 11) is 1.91. The van der Waals surface area contributed by atoms with Crippen LogP contribution in [0.2, 0.25) is 0 Å². The van der Waals surface area contributed by atoms with E-state index in [-0.39, 0.29) is 6.04 Å². The highest BCUT2D eigenvalue weighted by atomic mass is 16.5. The first kappa shape index (κ1) is 10.5. The van der Waals surface area contributed by atoms with Gasteiger partial charge in [-0.15, -0.1) is 0 Å². The van der Waals surface area contributed by atoms with Gasteiger partial charge in [0.15, 0.2) is 0 Å². The summed E-state index contributed by atoms with van der Waals surface area (Å²) in [5.74, 6) is 1.81. The molecule has 1 aliphatic heterocycles. The quantitative estimate of drug-likeness (QED) is 0.842. The predicted molar refractivity (Wildman–Crippen MR) is 61.0 cm³/mol. The van der Waals surface area contributed by atoms with E-state index in [0.29, 0.717) is 17.6 Å². The number of rotatable bonds is 2. The van der Waals surface area contributed by atoms with Crippen LogP contribution in [0.5, 0.6) is 0 Å². The van der Waals surface area contributed by atoms with E-state index < -0.39 is 0 Å². The Balaban J connectivity index is 1.90. The van der Waals surface area contributed by atoms with Crippen molar-refractivity contribution in [1.29, 1.82) is 0 Å². The van der Waals surface area contributed by atoms with Gasteiger partial charge in [0, 0.05) is 7.05 Å². The minimum Gasteiger partial charge on any atom is -0.337 e. The lowest BCUT2D eigenvalue weighted by atomic mass is 10.0. The Bertz CT molecular complexity index is 517. The molecular formula is C11H15N5O. The van der Waals surface area contributed by atoms with Crippen molar-refractivity contribution in [1.82, 2.24) is 25.0 Å². The minimum atomic E-state index is 0.185. The Labute approximate surface area is 99.0 Å². The van der Waals surface area contributed by atoms with Gasteiger partial charge in [-0.25, -0.2) is 4.98 Å². The van der Waals surface area contributed by atoms with Crippen LogP contribution in [0.15, 0.2) is 17.0 Å². The second-order valence-corrected chi connectivity index (χ2v) is 4.54. The topological polar surface area (TPSA) is 68.8 Å². The summed E-state index contributed by atoms with van der Waals surface area (Å²) in [6, 6.07) is 0.185. The summed E-state index contributed by atoms with van der Waals surface area (Å²) in [5, 5.41) is 7.39. The molecule has 3 heterocycles. The third-order valence-electron chi connectivity index (χ3n) is 3.29. The lowest BCUT2D eigenvalue weighted by molar-refractivity contribution is 0.319. The molecule has 17 heavy (non-hydrogen) atoms. The number of imidazole rings is 1. The Morgan fingerprint density at radius 2 is 2.41 bits per heavy atom. The third kappa shape index (κ3) is 1.74. The Morgan fingerprint density at radius 1 is 1.53 bits per heavy atom. The van der Waals surface area contributed by atoms with E-state index in [2.05, 4.69) is 27.4 Å². The number of hydrogen-bond donors (Lipinski definition) is 1. The molecule has 2 aromatic rings. The van der Waals surface area contributed by atoms with Crippen LogP contribution in [0.4, 0.5) is 0 Å². The molecule has 0 amide bonds. The molecule has 6 heteroatoms. The van der Waals surface area contributed by atoms with Crippen LogP contribution in [0.1, 0.15) is 25.3 Å². The lowest BCUT2D eigenvalue weighted by Gasteiger charge is -2.09. The van der Waals surface area contributed by atoms with E-state index in [1.807, 2.05) is 11.6 Å². The van der Waals surface area contributed by atoms with Crippen molar-refractivity contribution in [3.05, 3.63) is 18.4 Å². The molecule has 1 saturated heterocycles. The minimum absolute atomic E-state index is 0.185. The van der Waals surface area contributed by atoms with E-state index in [1.165, 1.54) is 0 Å². The van der Waals surface area contributed by atoms with Crippen LogP contribution in [0.3, 0.4) is 0 Å². The molecule has 6 nitrogen and oxygen atoms in total. The number of nitrogens with zero attached hydrogens (tertiary/aromatic N) is 4. The Kier molecular flexibility index (Phi) is 2.44. The van der Waals surface area contributed by atoms with Crippen molar-refractivity contribution in [2.45, 2.75) is 19.4 Å². The van der Waals surface area contributed by atoms with Crippen LogP contribution >= 0.6 is 0 Å². The summed E-state index contributed by atoms with van der Waals surface area (Å²) >= 11 is 0. The zero-order valence-corrected chi connectivity index (χ0v) is 9.92. The van der Waals surface area contributed by atoms with Crippen molar-refractivity contribution < 1.29 is 4.52 Å². The van der Waals surface area contributed by atoms with Gasteiger partial charge in [-0.3, -0.25) is 0 Å². The number of aromatic nitrogens is 4. The molecule has 2 aromatic heterocycles. The smallest absolute Gasteiger partial charge is 0.244 e. The van der Waals surface area contributed by atoms with Gasteiger partial charge in [-0.05, 0) is 18.9 Å². The summed E-state index contributed by atoms with van der Waals surface area (Å²) in [4.78, 5) is 8.49. The largest absolute Gasteiger partial charge is 0.337 e. The van der Waals surface area contributed by atoms with E-state index in [9.17, 15) is 0 Å². The van der Waals surface area contributed by atoms with Gasteiger partial charge in [0.25, 0.3) is 0 Å². The van der Waals surface area contributed by atoms with Gasteiger partial charge in [0.2, 0.25) is 11.7 Å². The fourth-order valence-corrected chi connectivity index (χ4v) is 2.20. The van der Waals surface area contributed by atoms with Gasteiger partial charge in [0.05, 0.1) is 18.6 Å². The second-order valence-electron chi connectivity index (χ2n) is 4.54. The average molecular weight is 233 g/mol. The normalized spacial score (nSPS) is 24.4. The molecule has 0 spiro atoms. The summed E-state index contributed by atoms with van der Waals surface area (Å²) in [5.41, 5.74) is 0.866. The molecule has 1 fully saturated rings. The highest BCUT2D eigenvalue weighted by molar-refractivity contribution is 5.47. The zero-order valence-electron chi connectivity index (χ0n) is 9.92. The predicted octanol–water partition coefficient (Wildman–Crippen LogP) is 1.14. The maximum atomic E-state index is 5.33. The summed E-state index contributed by atoms with van der Waals surface area (Å²) in [6.45, 7) is 3.20. The highest BCUT2D eigenvalue weighted by Crippen LogP contribution is 2.28. The standard InChI is InChI=1S/C11H15N5O/c1-7-3-4-13-9(7)11-14-10(15-17-11)8-5-12-6-16(8)2/h5-7,9,13H,3-4H2,1-2H3. The van der Waals surface area contributed by atoms with Gasteiger partial charge in [-0.1, -0.05) is 12.1 Å². The van der Waals surface area contributed by atoms with Gasteiger partial charge in [-0.2, -0.15) is 4.98 Å². The van der Waals surface area contributed by atoms with Crippen molar-refractivity contribution in [3.63, 3.8) is 0 Å². The number of hydrogen-bond acceptors (Lipinski definition) is 5. The van der Waals surface area contributed by atoms with Gasteiger partial charge in [0.1, 0.15) is 5.69 Å². The molecule has 1 aliphatic rings. The first-order valence-corrected chi connectivity index (χ1v) is 5.79. The molecule has 2 unspecified atom stereocenters. The lowest BCUT2D eigenvalue weighted by Crippen LogP contribution is -2.16. The van der Waals surface area contributed by atoms with Crippen molar-refractivity contribution >= 4 is 0 Å². The zero-order chi connectivity index (χ0) is 11.8. The van der Waals surface area contributed by atoms with E-state index in [4.69, 9.17) is 4.52 Å². The molecule has 2 atom stereocenters. The van der Waals surface area contributed by atoms with E-state index in [0.717, 1.165) is 18.7 Å². The molecule has 0 radical (unpaired) electrons. The average Bonchev–Trinajstić information content (AvgIpc) is 2.97. The highest BCUT2D eigenvalue weighted by Gasteiger charge is 2.29. The first-order chi connectivity index (χ1) is 8.25. The first-order valence-electron chi connectivity index (χ1n) is 5.79. The molecule has 90 valence electrons. The maximum Gasteiger partial charge on any atom is 0.244 e. The van der Waals surface area contributed by atoms with Crippen molar-refractivity contribution in [2.75, 3.05) is 6.54 Å². The van der Waals surface area contributed by atoms with Crippen molar-refractivity contribution in [2.24, 2.45) is 13.0 Å². The van der Waals surface area contributed by atoms with Crippen LogP contribution in [0, 0.1) is 5.92 Å². The molecule has 0 saturated carbocycles. The molecule has 0 aromatic carbocycles. The van der Waals surface area contributed by atoms with Gasteiger partial charge < -0.3 is 14.4 Å². The van der Waals surface area contributed by atoms with Crippen LogP contribution < -0.4 is 5.32 Å². The number of nitrogens with one attached hydrogen (secondary N) is 1. The Hall–Kier alpha value is -1.69. The van der Waals surface area contributed by atoms with Crippen LogP contribution in [-0.2, 0) is 7.05 Å². The van der Waals surface area contributed by atoms with Crippen molar-refractivity contribution in [3.8, 4) is 11.5 Å². The summed E-state index contributed by atoms with van der Waals surface area (Å²) < 4.78 is 7.21. The molecule has 3 rings (SSSR count). The monoisotopic (exact) mass is 233 g/mol. The van der Waals surface area contributed by atoms with Gasteiger partial charge >= 0.3 is 0 Å². The fourth-order valence-electron chi connectivity index (χ4n) is 2.20. The third-order valence-corrected chi connectivity index (χ3v) is 3.29. The van der Waals surface area contributed by atoms with Crippen LogP contribution in [0.25, 0.3) is 11.5 Å². The summed E-state index contributed by atoms with van der Waals surface area (Å²) in [6.07, 6.45) is 4.61.